The highest BCUT2D eigenvalue weighted by atomic mass is 32.2. The van der Waals surface area contributed by atoms with Gasteiger partial charge in [0.05, 0.1) is 55.4 Å². The topological polar surface area (TPSA) is 280 Å². The normalized spacial score (nSPS) is 17.2. The molecule has 3 aromatic carbocycles. The molecule has 2 atom stereocenters. The van der Waals surface area contributed by atoms with Crippen molar-refractivity contribution in [2.75, 3.05) is 82.1 Å². The summed E-state index contributed by atoms with van der Waals surface area (Å²) < 4.78 is 51.9. The Labute approximate surface area is 403 Å². The van der Waals surface area contributed by atoms with Crippen LogP contribution in [0.15, 0.2) is 84.0 Å². The van der Waals surface area contributed by atoms with E-state index in [0.717, 1.165) is 42.9 Å². The lowest BCUT2D eigenvalue weighted by molar-refractivity contribution is -0.136. The molecule has 2 fully saturated rings. The summed E-state index contributed by atoms with van der Waals surface area (Å²) in [5, 5.41) is 26.3. The Balaban J connectivity index is 0.723. The summed E-state index contributed by atoms with van der Waals surface area (Å²) in [6.07, 6.45) is 5.52. The largest absolute Gasteiger partial charge is 0.455 e. The molecule has 3 aliphatic rings. The minimum absolute atomic E-state index is 0.000706. The third-order valence-corrected chi connectivity index (χ3v) is 13.4. The molecule has 5 aromatic rings. The number of nitrogens with one attached hydrogen (secondary N) is 4. The summed E-state index contributed by atoms with van der Waals surface area (Å²) in [5.41, 5.74) is 8.73. The molecular weight excluding hydrogens is 927 g/mol. The number of fused-ring (bicyclic) bond motifs is 2. The number of likely N-dealkylation sites (tertiary alicyclic amines) is 1. The molecule has 0 radical (unpaired) electrons. The van der Waals surface area contributed by atoms with Gasteiger partial charge in [0, 0.05) is 67.1 Å². The lowest BCUT2D eigenvalue weighted by Gasteiger charge is -2.33. The van der Waals surface area contributed by atoms with E-state index in [2.05, 4.69) is 37.3 Å². The second-order valence-corrected chi connectivity index (χ2v) is 18.5. The third-order valence-electron chi connectivity index (χ3n) is 12.0. The van der Waals surface area contributed by atoms with E-state index in [4.69, 9.17) is 24.7 Å². The number of nitrogen functional groups attached to an aromatic ring is 1. The van der Waals surface area contributed by atoms with Crippen LogP contribution in [0, 0.1) is 17.8 Å². The van der Waals surface area contributed by atoms with E-state index in [1.165, 1.54) is 41.4 Å². The van der Waals surface area contributed by atoms with Crippen molar-refractivity contribution in [1.82, 2.24) is 29.8 Å². The Morgan fingerprint density at radius 1 is 0.971 bits per heavy atom. The number of carbonyl (C=O) groups is 4. The average molecular weight is 980 g/mol. The van der Waals surface area contributed by atoms with Crippen molar-refractivity contribution in [3.8, 4) is 23.3 Å². The minimum Gasteiger partial charge on any atom is -0.455 e. The Bertz CT molecular complexity index is 2920. The number of piperidine rings is 2. The van der Waals surface area contributed by atoms with Crippen LogP contribution in [0.1, 0.15) is 57.5 Å². The SMILES string of the molecule is Nc1ccc(C(=O)NS(=O)(=O)c2ccc(NCC3CCCN(CCOCCOCCOCC#Cc4cccc5c4CN(C4CCC(=O)NC4=O)C5=O)C3)c(N(O)O)c2)c(Oc2cnc3[nH]ccc3c2)c1. The molecule has 21 nitrogen and oxygen atoms in total. The minimum atomic E-state index is -4.52. The molecule has 3 aliphatic heterocycles. The van der Waals surface area contributed by atoms with Crippen molar-refractivity contribution in [3.05, 3.63) is 101 Å². The zero-order valence-corrected chi connectivity index (χ0v) is 38.8. The molecular formula is C48H53N9O12S. The number of anilines is 3. The summed E-state index contributed by atoms with van der Waals surface area (Å²) in [4.78, 5) is 61.1. The van der Waals surface area contributed by atoms with Crippen LogP contribution in [0.4, 0.5) is 17.1 Å². The fourth-order valence-corrected chi connectivity index (χ4v) is 9.49. The van der Waals surface area contributed by atoms with E-state index in [1.54, 1.807) is 30.5 Å². The van der Waals surface area contributed by atoms with Crippen molar-refractivity contribution in [1.29, 1.82) is 0 Å². The van der Waals surface area contributed by atoms with E-state index < -0.39 is 32.8 Å². The van der Waals surface area contributed by atoms with E-state index in [1.807, 2.05) is 10.8 Å². The number of hydrogen-bond donors (Lipinski definition) is 7. The number of amides is 4. The highest BCUT2D eigenvalue weighted by molar-refractivity contribution is 7.90. The maximum Gasteiger partial charge on any atom is 0.268 e. The van der Waals surface area contributed by atoms with E-state index >= 15 is 0 Å². The Morgan fingerprint density at radius 2 is 1.79 bits per heavy atom. The highest BCUT2D eigenvalue weighted by Crippen LogP contribution is 2.32. The summed E-state index contributed by atoms with van der Waals surface area (Å²) in [7, 11) is -4.52. The number of aromatic amines is 1. The van der Waals surface area contributed by atoms with Crippen LogP contribution in [0.2, 0.25) is 0 Å². The summed E-state index contributed by atoms with van der Waals surface area (Å²) in [6, 6.07) is 16.0. The number of ether oxygens (including phenoxy) is 4. The second kappa shape index (κ2) is 22.5. The van der Waals surface area contributed by atoms with Crippen molar-refractivity contribution < 1.29 is 57.0 Å². The second-order valence-electron chi connectivity index (χ2n) is 16.8. The quantitative estimate of drug-likeness (QED) is 0.0193. The number of imide groups is 1. The first kappa shape index (κ1) is 49.3. The maximum absolute atomic E-state index is 13.5. The molecule has 0 bridgehead atoms. The van der Waals surface area contributed by atoms with E-state index in [0.29, 0.717) is 75.1 Å². The number of hydrogen-bond acceptors (Lipinski definition) is 17. The zero-order valence-electron chi connectivity index (χ0n) is 38.0. The van der Waals surface area contributed by atoms with Gasteiger partial charge in [0.1, 0.15) is 35.5 Å². The number of rotatable bonds is 20. The molecule has 4 amide bonds. The molecule has 368 valence electrons. The standard InChI is InChI=1S/C48H53N9O12S/c49-34-8-10-38(43(25-34)69-35-24-33-14-15-50-45(33)52-28-35)46(59)54-70(64,65)36-9-11-40(42(26-36)57(62)63)51-27-31-4-2-16-55(29-31)17-19-67-21-23-68-22-20-66-18-3-6-32-5-1-7-37-39(32)30-56(48(37)61)41-12-13-44(58)53-47(41)60/h1,5,7-11,14-15,24-26,28,31,41,51,62-63H,2,4,12-13,16-23,27,29-30,49H2,(H,50,52)(H,54,59)(H,53,58,60). The van der Waals surface area contributed by atoms with Crippen molar-refractivity contribution in [2.45, 2.75) is 43.2 Å². The van der Waals surface area contributed by atoms with Gasteiger partial charge in [0.2, 0.25) is 11.8 Å². The van der Waals surface area contributed by atoms with Crippen LogP contribution < -0.4 is 31.1 Å². The fraction of sp³-hybridized carbons (Fsp3) is 0.354. The van der Waals surface area contributed by atoms with Crippen molar-refractivity contribution in [3.63, 3.8) is 0 Å². The molecule has 5 heterocycles. The van der Waals surface area contributed by atoms with Crippen LogP contribution in [-0.4, -0.2) is 134 Å². The molecule has 70 heavy (non-hydrogen) atoms. The lowest BCUT2D eigenvalue weighted by atomic mass is 9.98. The number of pyridine rings is 1. The lowest BCUT2D eigenvalue weighted by Crippen LogP contribution is -2.52. The molecule has 2 unspecified atom stereocenters. The van der Waals surface area contributed by atoms with E-state index in [9.17, 15) is 38.0 Å². The molecule has 0 aliphatic carbocycles. The summed E-state index contributed by atoms with van der Waals surface area (Å²) in [6.45, 7) is 5.25. The predicted octanol–water partition coefficient (Wildman–Crippen LogP) is 3.63. The monoisotopic (exact) mass is 979 g/mol. The number of H-pyrrole nitrogens is 1. The first-order valence-electron chi connectivity index (χ1n) is 22.7. The van der Waals surface area contributed by atoms with Crippen LogP contribution in [0.3, 0.4) is 0 Å². The van der Waals surface area contributed by atoms with Crippen LogP contribution in [0.5, 0.6) is 11.5 Å². The number of sulfonamides is 1. The number of carbonyl (C=O) groups excluding carboxylic acids is 4. The van der Waals surface area contributed by atoms with Crippen LogP contribution in [0.25, 0.3) is 11.0 Å². The summed E-state index contributed by atoms with van der Waals surface area (Å²) >= 11 is 0. The fourth-order valence-electron chi connectivity index (χ4n) is 8.51. The van der Waals surface area contributed by atoms with Crippen LogP contribution in [-0.2, 0) is 40.4 Å². The van der Waals surface area contributed by atoms with Gasteiger partial charge in [-0.15, -0.1) is 5.23 Å². The zero-order chi connectivity index (χ0) is 49.2. The maximum atomic E-state index is 13.5. The molecule has 8 N–H and O–H groups in total. The highest BCUT2D eigenvalue weighted by Gasteiger charge is 2.39. The smallest absolute Gasteiger partial charge is 0.268 e. The molecule has 2 saturated heterocycles. The number of aromatic nitrogens is 2. The van der Waals surface area contributed by atoms with Gasteiger partial charge in [-0.05, 0) is 91.9 Å². The number of nitrogens with zero attached hydrogens (tertiary/aromatic N) is 4. The van der Waals surface area contributed by atoms with Crippen molar-refractivity contribution in [2.24, 2.45) is 5.92 Å². The Morgan fingerprint density at radius 3 is 2.60 bits per heavy atom. The predicted molar refractivity (Wildman–Crippen MR) is 254 cm³/mol. The number of benzene rings is 3. The molecule has 22 heteroatoms. The van der Waals surface area contributed by atoms with Gasteiger partial charge in [-0.1, -0.05) is 17.9 Å². The van der Waals surface area contributed by atoms with Gasteiger partial charge in [-0.25, -0.2) is 18.1 Å². The Hall–Kier alpha value is -7.10. The number of nitrogens with two attached hydrogens (primary N) is 1. The summed E-state index contributed by atoms with van der Waals surface area (Å²) in [5.74, 6) is 4.51. The van der Waals surface area contributed by atoms with E-state index in [-0.39, 0.29) is 70.9 Å². The van der Waals surface area contributed by atoms with Gasteiger partial charge >= 0.3 is 0 Å². The molecule has 2 aromatic heterocycles. The van der Waals surface area contributed by atoms with Gasteiger partial charge in [0.25, 0.3) is 21.8 Å². The molecule has 0 spiro atoms. The Kier molecular flexibility index (Phi) is 15.9. The van der Waals surface area contributed by atoms with Gasteiger partial charge in [-0.2, -0.15) is 0 Å². The van der Waals surface area contributed by atoms with Crippen molar-refractivity contribution >= 4 is 61.7 Å². The van der Waals surface area contributed by atoms with Crippen LogP contribution >= 0.6 is 0 Å². The molecule has 0 saturated carbocycles. The first-order chi connectivity index (χ1) is 33.8. The van der Waals surface area contributed by atoms with Gasteiger partial charge in [-0.3, -0.25) is 34.9 Å². The van der Waals surface area contributed by atoms with Gasteiger partial charge in [0.15, 0.2) is 0 Å². The third kappa shape index (κ3) is 12.2. The first-order valence-corrected chi connectivity index (χ1v) is 24.2. The van der Waals surface area contributed by atoms with Gasteiger partial charge < -0.3 is 44.8 Å². The molecule has 8 rings (SSSR count). The average Bonchev–Trinajstić information content (AvgIpc) is 3.95.